The van der Waals surface area contributed by atoms with Crippen LogP contribution in [0.4, 0.5) is 4.79 Å². The van der Waals surface area contributed by atoms with Crippen molar-refractivity contribution in [3.63, 3.8) is 0 Å². The maximum Gasteiger partial charge on any atom is 0.315 e. The number of amides is 2. The Morgan fingerprint density at radius 1 is 1.62 bits per heavy atom. The van der Waals surface area contributed by atoms with Crippen LogP contribution in [0.1, 0.15) is 19.3 Å². The van der Waals surface area contributed by atoms with E-state index in [1.54, 1.807) is 6.08 Å². The zero-order valence-corrected chi connectivity index (χ0v) is 7.62. The van der Waals surface area contributed by atoms with Crippen molar-refractivity contribution in [2.24, 2.45) is 0 Å². The first-order valence-electron chi connectivity index (χ1n) is 4.57. The summed E-state index contributed by atoms with van der Waals surface area (Å²) in [6.45, 7) is 3.94. The quantitative estimate of drug-likeness (QED) is 0.555. The summed E-state index contributed by atoms with van der Waals surface area (Å²) in [5, 5.41) is 14.7. The van der Waals surface area contributed by atoms with Crippen LogP contribution in [0.25, 0.3) is 0 Å². The van der Waals surface area contributed by atoms with Gasteiger partial charge in [0.2, 0.25) is 0 Å². The predicted molar refractivity (Wildman–Crippen MR) is 50.4 cm³/mol. The number of nitrogens with one attached hydrogen (secondary N) is 2. The summed E-state index contributed by atoms with van der Waals surface area (Å²) in [4.78, 5) is 11.1. The lowest BCUT2D eigenvalue weighted by atomic mass is 10.2. The molecule has 0 heterocycles. The summed E-state index contributed by atoms with van der Waals surface area (Å²) in [7, 11) is 0. The second-order valence-electron chi connectivity index (χ2n) is 3.25. The van der Waals surface area contributed by atoms with E-state index in [1.807, 2.05) is 0 Å². The van der Waals surface area contributed by atoms with E-state index in [0.29, 0.717) is 6.54 Å². The van der Waals surface area contributed by atoms with Crippen molar-refractivity contribution >= 4 is 6.03 Å². The number of urea groups is 1. The highest BCUT2D eigenvalue weighted by Gasteiger charge is 2.26. The molecular formula is C9H16N2O2. The summed E-state index contributed by atoms with van der Waals surface area (Å²) in [5.41, 5.74) is 0. The molecule has 1 fully saturated rings. The number of aliphatic hydroxyl groups excluding tert-OH is 1. The molecule has 4 nitrogen and oxygen atoms in total. The van der Waals surface area contributed by atoms with Gasteiger partial charge in [0.25, 0.3) is 0 Å². The Kier molecular flexibility index (Phi) is 3.76. The van der Waals surface area contributed by atoms with Crippen LogP contribution < -0.4 is 10.6 Å². The van der Waals surface area contributed by atoms with Gasteiger partial charge in [-0.15, -0.1) is 6.58 Å². The Hall–Kier alpha value is -1.03. The van der Waals surface area contributed by atoms with E-state index in [9.17, 15) is 9.90 Å². The van der Waals surface area contributed by atoms with Crippen molar-refractivity contribution in [2.45, 2.75) is 31.4 Å². The summed E-state index contributed by atoms with van der Waals surface area (Å²) >= 11 is 0. The maximum absolute atomic E-state index is 11.1. The molecule has 0 aliphatic heterocycles. The average Bonchev–Trinajstić information content (AvgIpc) is 2.48. The van der Waals surface area contributed by atoms with E-state index in [0.717, 1.165) is 19.3 Å². The van der Waals surface area contributed by atoms with Crippen LogP contribution in [0.5, 0.6) is 0 Å². The summed E-state index contributed by atoms with van der Waals surface area (Å²) in [6, 6.07) is -0.310. The van der Waals surface area contributed by atoms with Gasteiger partial charge in [0, 0.05) is 6.54 Å². The van der Waals surface area contributed by atoms with Crippen LogP contribution in [0.3, 0.4) is 0 Å². The van der Waals surface area contributed by atoms with E-state index < -0.39 is 0 Å². The number of rotatable bonds is 3. The first-order valence-corrected chi connectivity index (χ1v) is 4.57. The second-order valence-corrected chi connectivity index (χ2v) is 3.25. The Labute approximate surface area is 78.0 Å². The van der Waals surface area contributed by atoms with Gasteiger partial charge in [-0.1, -0.05) is 6.08 Å². The minimum absolute atomic E-state index is 0.0789. The van der Waals surface area contributed by atoms with Crippen LogP contribution in [-0.4, -0.2) is 29.8 Å². The lowest BCUT2D eigenvalue weighted by Crippen LogP contribution is -2.45. The normalized spacial score (nSPS) is 26.8. The molecule has 1 rings (SSSR count). The Morgan fingerprint density at radius 2 is 2.38 bits per heavy atom. The lowest BCUT2D eigenvalue weighted by Gasteiger charge is -2.16. The molecule has 13 heavy (non-hydrogen) atoms. The molecule has 0 bridgehead atoms. The molecule has 2 atom stereocenters. The number of hydrogen-bond acceptors (Lipinski definition) is 2. The Balaban J connectivity index is 2.22. The zero-order chi connectivity index (χ0) is 9.68. The molecule has 1 saturated carbocycles. The molecule has 3 N–H and O–H groups in total. The largest absolute Gasteiger partial charge is 0.391 e. The van der Waals surface area contributed by atoms with Crippen molar-refractivity contribution in [3.8, 4) is 0 Å². The molecule has 0 aromatic heterocycles. The highest BCUT2D eigenvalue weighted by molar-refractivity contribution is 5.74. The van der Waals surface area contributed by atoms with Crippen LogP contribution in [0.2, 0.25) is 0 Å². The number of carbonyl (C=O) groups is 1. The first kappa shape index (κ1) is 10.1. The van der Waals surface area contributed by atoms with E-state index >= 15 is 0 Å². The van der Waals surface area contributed by atoms with E-state index in [4.69, 9.17) is 0 Å². The summed E-state index contributed by atoms with van der Waals surface area (Å²) in [6.07, 6.45) is 3.86. The molecule has 2 unspecified atom stereocenters. The van der Waals surface area contributed by atoms with Gasteiger partial charge in [-0.25, -0.2) is 4.79 Å². The van der Waals surface area contributed by atoms with Gasteiger partial charge in [0.1, 0.15) is 0 Å². The van der Waals surface area contributed by atoms with Crippen molar-refractivity contribution < 1.29 is 9.90 Å². The number of carbonyl (C=O) groups excluding carboxylic acids is 1. The van der Waals surface area contributed by atoms with Crippen LogP contribution in [0, 0.1) is 0 Å². The monoisotopic (exact) mass is 184 g/mol. The fourth-order valence-electron chi connectivity index (χ4n) is 1.49. The van der Waals surface area contributed by atoms with Crippen molar-refractivity contribution in [1.29, 1.82) is 0 Å². The van der Waals surface area contributed by atoms with Crippen molar-refractivity contribution in [3.05, 3.63) is 12.7 Å². The minimum atomic E-state index is -0.380. The van der Waals surface area contributed by atoms with Crippen molar-refractivity contribution in [2.75, 3.05) is 6.54 Å². The molecule has 74 valence electrons. The molecule has 1 aliphatic carbocycles. The summed E-state index contributed by atoms with van der Waals surface area (Å²) in [5.74, 6) is 0. The zero-order valence-electron chi connectivity index (χ0n) is 7.62. The SMILES string of the molecule is C=CCNC(=O)NC1CCCC1O. The van der Waals surface area contributed by atoms with Crippen LogP contribution in [0.15, 0.2) is 12.7 Å². The van der Waals surface area contributed by atoms with E-state index in [2.05, 4.69) is 17.2 Å². The molecule has 0 aromatic rings. The molecule has 2 amide bonds. The third kappa shape index (κ3) is 3.06. The minimum Gasteiger partial charge on any atom is -0.391 e. The van der Waals surface area contributed by atoms with Gasteiger partial charge in [0.15, 0.2) is 0 Å². The number of aliphatic hydroxyl groups is 1. The van der Waals surface area contributed by atoms with Gasteiger partial charge < -0.3 is 15.7 Å². The topological polar surface area (TPSA) is 61.4 Å². The third-order valence-electron chi connectivity index (χ3n) is 2.20. The van der Waals surface area contributed by atoms with Gasteiger partial charge in [0.05, 0.1) is 12.1 Å². The van der Waals surface area contributed by atoms with Gasteiger partial charge in [-0.05, 0) is 19.3 Å². The maximum atomic E-state index is 11.1. The lowest BCUT2D eigenvalue weighted by molar-refractivity contribution is 0.150. The van der Waals surface area contributed by atoms with Gasteiger partial charge in [-0.2, -0.15) is 0 Å². The molecule has 1 aliphatic rings. The fourth-order valence-corrected chi connectivity index (χ4v) is 1.49. The molecule has 4 heteroatoms. The molecule has 0 spiro atoms. The molecular weight excluding hydrogens is 168 g/mol. The third-order valence-corrected chi connectivity index (χ3v) is 2.20. The van der Waals surface area contributed by atoms with Crippen LogP contribution >= 0.6 is 0 Å². The summed E-state index contributed by atoms with van der Waals surface area (Å²) < 4.78 is 0. The van der Waals surface area contributed by atoms with E-state index in [1.165, 1.54) is 0 Å². The molecule has 0 aromatic carbocycles. The van der Waals surface area contributed by atoms with Crippen molar-refractivity contribution in [1.82, 2.24) is 10.6 Å². The van der Waals surface area contributed by atoms with Gasteiger partial charge in [-0.3, -0.25) is 0 Å². The molecule has 0 radical (unpaired) electrons. The van der Waals surface area contributed by atoms with Crippen LogP contribution in [-0.2, 0) is 0 Å². The number of hydrogen-bond donors (Lipinski definition) is 3. The highest BCUT2D eigenvalue weighted by atomic mass is 16.3. The Bertz CT molecular complexity index is 194. The second kappa shape index (κ2) is 4.87. The predicted octanol–water partition coefficient (Wildman–Crippen LogP) is 0.385. The molecule has 0 saturated heterocycles. The standard InChI is InChI=1S/C9H16N2O2/c1-2-6-10-9(13)11-7-4-3-5-8(7)12/h2,7-8,12H,1,3-6H2,(H2,10,11,13). The fraction of sp³-hybridized carbons (Fsp3) is 0.667. The van der Waals surface area contributed by atoms with E-state index in [-0.39, 0.29) is 18.2 Å². The van der Waals surface area contributed by atoms with Gasteiger partial charge >= 0.3 is 6.03 Å². The smallest absolute Gasteiger partial charge is 0.315 e. The average molecular weight is 184 g/mol. The highest BCUT2D eigenvalue weighted by Crippen LogP contribution is 2.18. The first-order chi connectivity index (χ1) is 6.24. The Morgan fingerprint density at radius 3 is 2.92 bits per heavy atom.